The van der Waals surface area contributed by atoms with Crippen molar-refractivity contribution < 1.29 is 4.68 Å². The van der Waals surface area contributed by atoms with Crippen LogP contribution in [0.5, 0.6) is 0 Å². The van der Waals surface area contributed by atoms with E-state index in [0.717, 1.165) is 11.6 Å². The largest absolute Gasteiger partial charge is 0.317 e. The minimum atomic E-state index is 0.278. The lowest BCUT2D eigenvalue weighted by atomic mass is 9.85. The molecule has 3 aromatic carbocycles. The van der Waals surface area contributed by atoms with Gasteiger partial charge in [-0.05, 0) is 70.5 Å². The zero-order valence-electron chi connectivity index (χ0n) is 23.5. The van der Waals surface area contributed by atoms with Crippen LogP contribution in [0.25, 0.3) is 28.2 Å². The summed E-state index contributed by atoms with van der Waals surface area (Å²) in [6, 6.07) is 24.6. The van der Waals surface area contributed by atoms with E-state index in [-0.39, 0.29) is 6.04 Å². The Balaban J connectivity index is 2.13. The van der Waals surface area contributed by atoms with Gasteiger partial charge in [0.05, 0.1) is 11.3 Å². The molecule has 0 amide bonds. The first-order valence-electron chi connectivity index (χ1n) is 13.5. The molecule has 0 radical (unpaired) electrons. The van der Waals surface area contributed by atoms with E-state index in [1.165, 1.54) is 39.1 Å². The van der Waals surface area contributed by atoms with E-state index < -0.39 is 0 Å². The van der Waals surface area contributed by atoms with Crippen LogP contribution in [-0.4, -0.2) is 9.67 Å². The molecule has 0 bridgehead atoms. The van der Waals surface area contributed by atoms with Gasteiger partial charge < -0.3 is 0 Å². The predicted molar refractivity (Wildman–Crippen MR) is 152 cm³/mol. The third-order valence-electron chi connectivity index (χ3n) is 7.07. The summed E-state index contributed by atoms with van der Waals surface area (Å²) in [4.78, 5) is 5.29. The molecule has 0 saturated heterocycles. The van der Waals surface area contributed by atoms with Crippen molar-refractivity contribution >= 4 is 0 Å². The first-order valence-corrected chi connectivity index (χ1v) is 13.5. The van der Waals surface area contributed by atoms with E-state index in [4.69, 9.17) is 4.98 Å². The Morgan fingerprint density at radius 3 is 1.69 bits per heavy atom. The van der Waals surface area contributed by atoms with Gasteiger partial charge in [0, 0.05) is 6.92 Å². The Hall–Kier alpha value is -3.20. The maximum atomic E-state index is 5.29. The summed E-state index contributed by atoms with van der Waals surface area (Å²) in [5.74, 6) is 3.21. The third-order valence-corrected chi connectivity index (χ3v) is 7.07. The molecule has 0 aliphatic rings. The average Bonchev–Trinajstić information content (AvgIpc) is 3.20. The van der Waals surface area contributed by atoms with E-state index in [2.05, 4.69) is 138 Å². The summed E-state index contributed by atoms with van der Waals surface area (Å²) < 4.78 is 4.75. The van der Waals surface area contributed by atoms with Gasteiger partial charge in [0.1, 0.15) is 6.04 Å². The van der Waals surface area contributed by atoms with Gasteiger partial charge in [-0.25, -0.2) is 0 Å². The van der Waals surface area contributed by atoms with Crippen molar-refractivity contribution in [2.24, 2.45) is 0 Å². The highest BCUT2D eigenvalue weighted by molar-refractivity contribution is 5.76. The first-order chi connectivity index (χ1) is 17.1. The number of para-hydroxylation sites is 1. The topological polar surface area (TPSA) is 21.7 Å². The quantitative estimate of drug-likeness (QED) is 0.242. The maximum absolute atomic E-state index is 5.29. The molecule has 0 saturated carbocycles. The summed E-state index contributed by atoms with van der Waals surface area (Å²) in [5, 5.41) is 0. The molecule has 0 aliphatic carbocycles. The van der Waals surface area contributed by atoms with Crippen LogP contribution >= 0.6 is 0 Å². The fourth-order valence-corrected chi connectivity index (χ4v) is 5.32. The zero-order chi connectivity index (χ0) is 26.1. The van der Waals surface area contributed by atoms with Crippen LogP contribution < -0.4 is 4.68 Å². The number of aryl methyl sites for hydroxylation is 1. The highest BCUT2D eigenvalue weighted by atomic mass is 15.5. The van der Waals surface area contributed by atoms with Crippen LogP contribution in [0.3, 0.4) is 0 Å². The summed E-state index contributed by atoms with van der Waals surface area (Å²) in [5.41, 5.74) is 9.07. The fraction of sp³-hybridized carbons (Fsp3) is 0.394. The van der Waals surface area contributed by atoms with E-state index in [1.54, 1.807) is 0 Å². The average molecular weight is 481 g/mol. The molecule has 0 N–H and O–H groups in total. The minimum Gasteiger partial charge on any atom is -0.146 e. The van der Waals surface area contributed by atoms with Crippen LogP contribution in [0.1, 0.15) is 102 Å². The number of nitrogens with zero attached hydrogens (tertiary/aromatic N) is 3. The van der Waals surface area contributed by atoms with Crippen LogP contribution in [0.4, 0.5) is 0 Å². The molecule has 0 unspecified atom stereocenters. The second kappa shape index (κ2) is 10.4. The maximum Gasteiger partial charge on any atom is 0.317 e. The smallest absolute Gasteiger partial charge is 0.146 e. The minimum absolute atomic E-state index is 0.278. The number of hydrogen-bond donors (Lipinski definition) is 0. The molecular weight excluding hydrogens is 438 g/mol. The molecule has 0 spiro atoms. The first kappa shape index (κ1) is 25.9. The fourth-order valence-electron chi connectivity index (χ4n) is 5.32. The van der Waals surface area contributed by atoms with Crippen molar-refractivity contribution in [3.05, 3.63) is 89.2 Å². The van der Waals surface area contributed by atoms with Crippen LogP contribution in [-0.2, 0) is 0 Å². The highest BCUT2D eigenvalue weighted by Gasteiger charge is 2.33. The molecule has 3 heteroatoms. The normalized spacial score (nSPS) is 11.9. The highest BCUT2D eigenvalue weighted by Crippen LogP contribution is 2.40. The Labute approximate surface area is 217 Å². The molecule has 188 valence electrons. The molecule has 4 rings (SSSR count). The second-order valence-corrected chi connectivity index (χ2v) is 11.2. The van der Waals surface area contributed by atoms with Crippen LogP contribution in [0.2, 0.25) is 0 Å². The van der Waals surface area contributed by atoms with Gasteiger partial charge in [-0.3, -0.25) is 0 Å². The van der Waals surface area contributed by atoms with E-state index >= 15 is 0 Å². The molecule has 1 heterocycles. The van der Waals surface area contributed by atoms with Gasteiger partial charge in [-0.15, -0.1) is 9.36 Å². The van der Waals surface area contributed by atoms with Gasteiger partial charge in [0.15, 0.2) is 0 Å². The SMILES string of the molecule is Cc1nc(-c2c(C(C)C)cc(-c3ccccc3)cc2C(C)C)n(-c2ccccc2C(C)C)[n+]1C(C)C. The molecule has 0 aliphatic heterocycles. The van der Waals surface area contributed by atoms with Crippen molar-refractivity contribution in [2.75, 3.05) is 0 Å². The molecule has 36 heavy (non-hydrogen) atoms. The van der Waals surface area contributed by atoms with Crippen molar-refractivity contribution in [1.29, 1.82) is 0 Å². The van der Waals surface area contributed by atoms with Gasteiger partial charge in [0.2, 0.25) is 0 Å². The standard InChI is InChI=1S/C33H42N3/c1-21(2)28-17-13-14-18-31(28)36-33(34-25(9)35(36)24(7)8)32-29(22(3)4)19-27(20-30(32)23(5)6)26-15-11-10-12-16-26/h10-24H,1-9H3/q+1. The molecule has 0 atom stereocenters. The van der Waals surface area contributed by atoms with Crippen molar-refractivity contribution in [1.82, 2.24) is 9.67 Å². The monoisotopic (exact) mass is 480 g/mol. The second-order valence-electron chi connectivity index (χ2n) is 11.2. The van der Waals surface area contributed by atoms with Crippen LogP contribution in [0.15, 0.2) is 66.7 Å². The van der Waals surface area contributed by atoms with Crippen molar-refractivity contribution in [3.63, 3.8) is 0 Å². The molecule has 4 aromatic rings. The molecule has 3 nitrogen and oxygen atoms in total. The summed E-state index contributed by atoms with van der Waals surface area (Å²) in [6.45, 7) is 20.4. The number of rotatable bonds is 7. The Bertz CT molecular complexity index is 1310. The Morgan fingerprint density at radius 2 is 1.17 bits per heavy atom. The third kappa shape index (κ3) is 4.76. The van der Waals surface area contributed by atoms with E-state index in [9.17, 15) is 0 Å². The van der Waals surface area contributed by atoms with Gasteiger partial charge >= 0.3 is 5.82 Å². The van der Waals surface area contributed by atoms with Gasteiger partial charge in [-0.1, -0.05) is 102 Å². The lowest BCUT2D eigenvalue weighted by Crippen LogP contribution is -2.47. The van der Waals surface area contributed by atoms with Gasteiger partial charge in [-0.2, -0.15) is 0 Å². The molecule has 1 aromatic heterocycles. The summed E-state index contributed by atoms with van der Waals surface area (Å²) >= 11 is 0. The van der Waals surface area contributed by atoms with Crippen LogP contribution in [0, 0.1) is 6.92 Å². The molecule has 0 fully saturated rings. The summed E-state index contributed by atoms with van der Waals surface area (Å²) in [7, 11) is 0. The van der Waals surface area contributed by atoms with E-state index in [0.29, 0.717) is 17.8 Å². The number of aromatic nitrogens is 3. The predicted octanol–water partition coefficient (Wildman–Crippen LogP) is 8.75. The Morgan fingerprint density at radius 1 is 0.639 bits per heavy atom. The van der Waals surface area contributed by atoms with Crippen molar-refractivity contribution in [2.45, 2.75) is 86.1 Å². The summed E-state index contributed by atoms with van der Waals surface area (Å²) in [6.07, 6.45) is 0. The van der Waals surface area contributed by atoms with Gasteiger partial charge in [0.25, 0.3) is 5.82 Å². The molecular formula is C33H42N3+. The zero-order valence-corrected chi connectivity index (χ0v) is 23.5. The van der Waals surface area contributed by atoms with E-state index in [1.807, 2.05) is 0 Å². The van der Waals surface area contributed by atoms with Crippen molar-refractivity contribution in [3.8, 4) is 28.2 Å². The number of benzene rings is 3. The lowest BCUT2D eigenvalue weighted by molar-refractivity contribution is -0.789. The Kier molecular flexibility index (Phi) is 7.49. The number of hydrogen-bond acceptors (Lipinski definition) is 1. The lowest BCUT2D eigenvalue weighted by Gasteiger charge is -2.22.